The van der Waals surface area contributed by atoms with Gasteiger partial charge >= 0.3 is 0 Å². The zero-order chi connectivity index (χ0) is 24.1. The van der Waals surface area contributed by atoms with Gasteiger partial charge in [0, 0.05) is 30.3 Å². The molecule has 3 aromatic carbocycles. The van der Waals surface area contributed by atoms with E-state index in [9.17, 15) is 18.0 Å². The molecule has 4 rings (SSSR count). The summed E-state index contributed by atoms with van der Waals surface area (Å²) in [6.07, 6.45) is 1.63. The molecule has 34 heavy (non-hydrogen) atoms. The number of carbonyl (C=O) groups excluding carboxylic acids is 2. The summed E-state index contributed by atoms with van der Waals surface area (Å²) in [7, 11) is -3.66. The minimum atomic E-state index is -3.66. The zero-order valence-electron chi connectivity index (χ0n) is 19.1. The van der Waals surface area contributed by atoms with Crippen LogP contribution in [0.15, 0.2) is 83.8 Å². The van der Waals surface area contributed by atoms with Gasteiger partial charge in [0.2, 0.25) is 15.9 Å². The highest BCUT2D eigenvalue weighted by molar-refractivity contribution is 7.89. The predicted molar refractivity (Wildman–Crippen MR) is 132 cm³/mol. The fraction of sp³-hybridized carbons (Fsp3) is 0.259. The van der Waals surface area contributed by atoms with E-state index in [1.807, 2.05) is 42.5 Å². The summed E-state index contributed by atoms with van der Waals surface area (Å²) in [5.41, 5.74) is 3.47. The van der Waals surface area contributed by atoms with Gasteiger partial charge in [-0.1, -0.05) is 60.7 Å². The van der Waals surface area contributed by atoms with Gasteiger partial charge in [0.15, 0.2) is 5.78 Å². The van der Waals surface area contributed by atoms with Crippen LogP contribution >= 0.6 is 0 Å². The van der Waals surface area contributed by atoms with Crippen molar-refractivity contribution in [3.63, 3.8) is 0 Å². The maximum absolute atomic E-state index is 13.0. The molecule has 1 aliphatic heterocycles. The van der Waals surface area contributed by atoms with E-state index in [1.54, 1.807) is 0 Å². The van der Waals surface area contributed by atoms with Crippen molar-refractivity contribution in [1.29, 1.82) is 0 Å². The van der Waals surface area contributed by atoms with Gasteiger partial charge in [0.25, 0.3) is 0 Å². The number of hydrogen-bond acceptors (Lipinski definition) is 4. The Morgan fingerprint density at radius 3 is 2.15 bits per heavy atom. The molecule has 0 aromatic heterocycles. The number of carbonyl (C=O) groups is 2. The van der Waals surface area contributed by atoms with E-state index in [0.717, 1.165) is 17.7 Å². The lowest BCUT2D eigenvalue weighted by Gasteiger charge is -2.30. The van der Waals surface area contributed by atoms with E-state index < -0.39 is 10.0 Å². The number of Topliss-reactive ketones (excluding diaryl/α,β-unsaturated/α-hetero) is 1. The lowest BCUT2D eigenvalue weighted by atomic mass is 9.96. The number of sulfonamides is 1. The monoisotopic (exact) mass is 476 g/mol. The van der Waals surface area contributed by atoms with Crippen molar-refractivity contribution >= 4 is 27.4 Å². The number of nitrogens with one attached hydrogen (secondary N) is 1. The highest BCUT2D eigenvalue weighted by Crippen LogP contribution is 2.26. The number of ketones is 1. The van der Waals surface area contributed by atoms with E-state index in [-0.39, 0.29) is 35.6 Å². The minimum Gasteiger partial charge on any atom is -0.326 e. The van der Waals surface area contributed by atoms with Crippen molar-refractivity contribution in [2.45, 2.75) is 31.1 Å². The number of para-hydroxylation sites is 1. The van der Waals surface area contributed by atoms with Gasteiger partial charge in [-0.05, 0) is 55.5 Å². The molecule has 0 spiro atoms. The third-order valence-corrected chi connectivity index (χ3v) is 8.15. The molecule has 176 valence electrons. The summed E-state index contributed by atoms with van der Waals surface area (Å²) in [6.45, 7) is 2.00. The molecular formula is C27H28N2O4S. The average molecular weight is 477 g/mol. The Morgan fingerprint density at radius 1 is 0.882 bits per heavy atom. The first-order valence-corrected chi connectivity index (χ1v) is 12.8. The summed E-state index contributed by atoms with van der Waals surface area (Å²) < 4.78 is 27.4. The molecule has 1 saturated heterocycles. The van der Waals surface area contributed by atoms with Crippen molar-refractivity contribution in [2.24, 2.45) is 5.92 Å². The highest BCUT2D eigenvalue weighted by atomic mass is 32.2. The quantitative estimate of drug-likeness (QED) is 0.508. The molecule has 1 fully saturated rings. The van der Waals surface area contributed by atoms with Crippen LogP contribution in [0.3, 0.4) is 0 Å². The standard InChI is InChI=1S/C27H28N2O4S/c1-20(30)22-11-13-25(14-12-22)34(32,33)29-17-15-23(16-18-29)27(31)28-26-10-6-5-9-24(26)19-21-7-3-2-4-8-21/h2-14,23H,15-19H2,1H3,(H,28,31). The van der Waals surface area contributed by atoms with Crippen LogP contribution in [-0.2, 0) is 21.2 Å². The van der Waals surface area contributed by atoms with Gasteiger partial charge in [-0.15, -0.1) is 0 Å². The Bertz CT molecular complexity index is 1260. The number of anilines is 1. The van der Waals surface area contributed by atoms with Crippen LogP contribution in [0.5, 0.6) is 0 Å². The first-order valence-electron chi connectivity index (χ1n) is 11.4. The smallest absolute Gasteiger partial charge is 0.243 e. The van der Waals surface area contributed by atoms with Crippen molar-refractivity contribution in [3.05, 3.63) is 95.6 Å². The molecule has 0 aliphatic carbocycles. The molecule has 1 N–H and O–H groups in total. The summed E-state index contributed by atoms with van der Waals surface area (Å²) in [5.74, 6) is -0.444. The maximum Gasteiger partial charge on any atom is 0.243 e. The third kappa shape index (κ3) is 5.43. The molecule has 7 heteroatoms. The Balaban J connectivity index is 1.38. The Labute approximate surface area is 200 Å². The van der Waals surface area contributed by atoms with Crippen LogP contribution in [0.2, 0.25) is 0 Å². The molecular weight excluding hydrogens is 448 g/mol. The Kier molecular flexibility index (Phi) is 7.24. The Hall–Kier alpha value is -3.29. The van der Waals surface area contributed by atoms with Gasteiger partial charge in [0.05, 0.1) is 4.90 Å². The summed E-state index contributed by atoms with van der Waals surface area (Å²) >= 11 is 0. The number of hydrogen-bond donors (Lipinski definition) is 1. The van der Waals surface area contributed by atoms with Crippen LogP contribution in [0.1, 0.15) is 41.3 Å². The number of amides is 1. The molecule has 0 radical (unpaired) electrons. The number of rotatable bonds is 7. The van der Waals surface area contributed by atoms with Crippen LogP contribution in [0.25, 0.3) is 0 Å². The van der Waals surface area contributed by atoms with Gasteiger partial charge in [-0.3, -0.25) is 9.59 Å². The second-order valence-corrected chi connectivity index (χ2v) is 10.5. The van der Waals surface area contributed by atoms with E-state index in [0.29, 0.717) is 18.4 Å². The summed E-state index contributed by atoms with van der Waals surface area (Å²) in [6, 6.07) is 23.8. The summed E-state index contributed by atoms with van der Waals surface area (Å²) in [5, 5.41) is 3.06. The van der Waals surface area contributed by atoms with Crippen LogP contribution in [0.4, 0.5) is 5.69 Å². The van der Waals surface area contributed by atoms with Crippen molar-refractivity contribution in [2.75, 3.05) is 18.4 Å². The number of piperidine rings is 1. The Morgan fingerprint density at radius 2 is 1.50 bits per heavy atom. The van der Waals surface area contributed by atoms with Gasteiger partial charge < -0.3 is 5.32 Å². The molecule has 0 unspecified atom stereocenters. The molecule has 1 heterocycles. The van der Waals surface area contributed by atoms with Crippen molar-refractivity contribution in [3.8, 4) is 0 Å². The topological polar surface area (TPSA) is 83.6 Å². The lowest BCUT2D eigenvalue weighted by molar-refractivity contribution is -0.120. The lowest BCUT2D eigenvalue weighted by Crippen LogP contribution is -2.41. The number of benzene rings is 3. The third-order valence-electron chi connectivity index (χ3n) is 6.24. The van der Waals surface area contributed by atoms with Gasteiger partial charge in [0.1, 0.15) is 0 Å². The SMILES string of the molecule is CC(=O)c1ccc(S(=O)(=O)N2CCC(C(=O)Nc3ccccc3Cc3ccccc3)CC2)cc1. The summed E-state index contributed by atoms with van der Waals surface area (Å²) in [4.78, 5) is 24.6. The van der Waals surface area contributed by atoms with E-state index in [2.05, 4.69) is 17.4 Å². The minimum absolute atomic E-state index is 0.0802. The first-order chi connectivity index (χ1) is 16.3. The molecule has 1 aliphatic rings. The molecule has 3 aromatic rings. The molecule has 0 bridgehead atoms. The number of nitrogens with zero attached hydrogens (tertiary/aromatic N) is 1. The second kappa shape index (κ2) is 10.3. The molecule has 0 atom stereocenters. The largest absolute Gasteiger partial charge is 0.326 e. The molecule has 6 nitrogen and oxygen atoms in total. The van der Waals surface area contributed by atoms with Crippen LogP contribution in [0, 0.1) is 5.92 Å². The van der Waals surface area contributed by atoms with Gasteiger partial charge in [-0.2, -0.15) is 4.31 Å². The molecule has 0 saturated carbocycles. The van der Waals surface area contributed by atoms with E-state index in [4.69, 9.17) is 0 Å². The predicted octanol–water partition coefficient (Wildman–Crippen LogP) is 4.52. The fourth-order valence-electron chi connectivity index (χ4n) is 4.22. The highest BCUT2D eigenvalue weighted by Gasteiger charge is 2.32. The first kappa shape index (κ1) is 23.9. The second-order valence-electron chi connectivity index (χ2n) is 8.57. The van der Waals surface area contributed by atoms with Gasteiger partial charge in [-0.25, -0.2) is 8.42 Å². The fourth-order valence-corrected chi connectivity index (χ4v) is 5.69. The van der Waals surface area contributed by atoms with E-state index in [1.165, 1.54) is 41.1 Å². The zero-order valence-corrected chi connectivity index (χ0v) is 19.9. The maximum atomic E-state index is 13.0. The van der Waals surface area contributed by atoms with Crippen LogP contribution in [-0.4, -0.2) is 37.5 Å². The average Bonchev–Trinajstić information content (AvgIpc) is 2.86. The van der Waals surface area contributed by atoms with E-state index >= 15 is 0 Å². The normalized spacial score (nSPS) is 15.1. The van der Waals surface area contributed by atoms with Crippen molar-refractivity contribution < 1.29 is 18.0 Å². The van der Waals surface area contributed by atoms with Crippen LogP contribution < -0.4 is 5.32 Å². The van der Waals surface area contributed by atoms with Crippen molar-refractivity contribution in [1.82, 2.24) is 4.31 Å². The molecule has 1 amide bonds.